The second kappa shape index (κ2) is 6.83. The Hall–Kier alpha value is -1.72. The molecule has 0 aliphatic carbocycles. The first-order valence-corrected chi connectivity index (χ1v) is 7.56. The summed E-state index contributed by atoms with van der Waals surface area (Å²) >= 11 is 0. The van der Waals surface area contributed by atoms with Gasteiger partial charge < -0.3 is 9.63 Å². The predicted octanol–water partition coefficient (Wildman–Crippen LogP) is 2.33. The van der Waals surface area contributed by atoms with Crippen LogP contribution < -0.4 is 0 Å². The van der Waals surface area contributed by atoms with E-state index in [-0.39, 0.29) is 6.61 Å². The van der Waals surface area contributed by atoms with Crippen LogP contribution in [0.1, 0.15) is 25.2 Å². The molecule has 1 aliphatic heterocycles. The van der Waals surface area contributed by atoms with Crippen molar-refractivity contribution in [2.75, 3.05) is 19.7 Å². The first-order chi connectivity index (χ1) is 10.3. The van der Waals surface area contributed by atoms with Crippen LogP contribution in [0.25, 0.3) is 11.4 Å². The van der Waals surface area contributed by atoms with Gasteiger partial charge >= 0.3 is 0 Å². The Kier molecular flexibility index (Phi) is 4.62. The van der Waals surface area contributed by atoms with Gasteiger partial charge in [-0.15, -0.1) is 0 Å². The Bertz CT molecular complexity index is 554. The van der Waals surface area contributed by atoms with E-state index in [0.29, 0.717) is 24.2 Å². The number of benzene rings is 1. The Morgan fingerprint density at radius 3 is 2.95 bits per heavy atom. The molecule has 1 saturated heterocycles. The highest BCUT2D eigenvalue weighted by Gasteiger charge is 2.21. The van der Waals surface area contributed by atoms with E-state index in [2.05, 4.69) is 15.0 Å². The molecule has 5 heteroatoms. The van der Waals surface area contributed by atoms with Gasteiger partial charge in [0.05, 0.1) is 6.54 Å². The minimum absolute atomic E-state index is 0.275. The van der Waals surface area contributed by atoms with Gasteiger partial charge in [0, 0.05) is 18.7 Å². The molecule has 112 valence electrons. The summed E-state index contributed by atoms with van der Waals surface area (Å²) in [5.41, 5.74) is 0.976. The average Bonchev–Trinajstić information content (AvgIpc) is 2.97. The SMILES string of the molecule is OCCC1CCCN(Cc2nc(-c3ccccc3)no2)C1. The van der Waals surface area contributed by atoms with Crippen molar-refractivity contribution in [2.24, 2.45) is 5.92 Å². The van der Waals surface area contributed by atoms with E-state index in [1.807, 2.05) is 30.3 Å². The topological polar surface area (TPSA) is 62.4 Å². The molecule has 1 unspecified atom stereocenters. The Morgan fingerprint density at radius 1 is 1.29 bits per heavy atom. The van der Waals surface area contributed by atoms with Gasteiger partial charge in [-0.3, -0.25) is 4.90 Å². The van der Waals surface area contributed by atoms with Crippen LogP contribution in [-0.4, -0.2) is 39.8 Å². The van der Waals surface area contributed by atoms with E-state index in [0.717, 1.165) is 25.1 Å². The zero-order valence-electron chi connectivity index (χ0n) is 12.1. The van der Waals surface area contributed by atoms with Crippen LogP contribution in [0, 0.1) is 5.92 Å². The average molecular weight is 287 g/mol. The fraction of sp³-hybridized carbons (Fsp3) is 0.500. The third-order valence-corrected chi connectivity index (χ3v) is 4.00. The highest BCUT2D eigenvalue weighted by Crippen LogP contribution is 2.21. The number of rotatable bonds is 5. The summed E-state index contributed by atoms with van der Waals surface area (Å²) in [6.07, 6.45) is 3.26. The summed E-state index contributed by atoms with van der Waals surface area (Å²) in [7, 11) is 0. The number of nitrogens with zero attached hydrogens (tertiary/aromatic N) is 3. The third kappa shape index (κ3) is 3.68. The van der Waals surface area contributed by atoms with E-state index in [4.69, 9.17) is 9.63 Å². The number of aliphatic hydroxyl groups excluding tert-OH is 1. The lowest BCUT2D eigenvalue weighted by molar-refractivity contribution is 0.130. The summed E-state index contributed by atoms with van der Waals surface area (Å²) in [6.45, 7) is 3.04. The molecule has 2 heterocycles. The fourth-order valence-electron chi connectivity index (χ4n) is 2.93. The van der Waals surface area contributed by atoms with Crippen LogP contribution in [0.2, 0.25) is 0 Å². The van der Waals surface area contributed by atoms with Gasteiger partial charge in [-0.05, 0) is 31.7 Å². The molecular weight excluding hydrogens is 266 g/mol. The number of aromatic nitrogens is 2. The monoisotopic (exact) mass is 287 g/mol. The largest absolute Gasteiger partial charge is 0.396 e. The number of likely N-dealkylation sites (tertiary alicyclic amines) is 1. The Morgan fingerprint density at radius 2 is 2.14 bits per heavy atom. The number of hydrogen-bond acceptors (Lipinski definition) is 5. The molecule has 21 heavy (non-hydrogen) atoms. The molecule has 1 aromatic heterocycles. The minimum atomic E-state index is 0.275. The minimum Gasteiger partial charge on any atom is -0.396 e. The van der Waals surface area contributed by atoms with Crippen molar-refractivity contribution in [3.05, 3.63) is 36.2 Å². The summed E-state index contributed by atoms with van der Waals surface area (Å²) in [5.74, 6) is 1.90. The van der Waals surface area contributed by atoms with Crippen LogP contribution in [0.4, 0.5) is 0 Å². The molecule has 1 aromatic carbocycles. The maximum atomic E-state index is 9.06. The summed E-state index contributed by atoms with van der Waals surface area (Å²) in [6, 6.07) is 9.87. The smallest absolute Gasteiger partial charge is 0.241 e. The molecule has 3 rings (SSSR count). The van der Waals surface area contributed by atoms with Crippen LogP contribution in [-0.2, 0) is 6.54 Å². The van der Waals surface area contributed by atoms with Gasteiger partial charge in [-0.2, -0.15) is 4.98 Å². The van der Waals surface area contributed by atoms with E-state index in [1.54, 1.807) is 0 Å². The second-order valence-corrected chi connectivity index (χ2v) is 5.63. The third-order valence-electron chi connectivity index (χ3n) is 4.00. The lowest BCUT2D eigenvalue weighted by Crippen LogP contribution is -2.35. The summed E-state index contributed by atoms with van der Waals surface area (Å²) in [5, 5.41) is 13.1. The maximum absolute atomic E-state index is 9.06. The highest BCUT2D eigenvalue weighted by molar-refractivity contribution is 5.53. The van der Waals surface area contributed by atoms with Crippen LogP contribution in [0.15, 0.2) is 34.9 Å². The van der Waals surface area contributed by atoms with Crippen molar-refractivity contribution < 1.29 is 9.63 Å². The molecule has 0 spiro atoms. The first kappa shape index (κ1) is 14.2. The molecule has 0 radical (unpaired) electrons. The molecule has 0 amide bonds. The normalized spacial score (nSPS) is 19.8. The molecule has 0 bridgehead atoms. The maximum Gasteiger partial charge on any atom is 0.241 e. The van der Waals surface area contributed by atoms with Gasteiger partial charge in [0.1, 0.15) is 0 Å². The quantitative estimate of drug-likeness (QED) is 0.914. The lowest BCUT2D eigenvalue weighted by Gasteiger charge is -2.31. The summed E-state index contributed by atoms with van der Waals surface area (Å²) in [4.78, 5) is 6.82. The highest BCUT2D eigenvalue weighted by atomic mass is 16.5. The van der Waals surface area contributed by atoms with E-state index in [9.17, 15) is 0 Å². The molecule has 1 aliphatic rings. The van der Waals surface area contributed by atoms with Gasteiger partial charge in [0.25, 0.3) is 0 Å². The first-order valence-electron chi connectivity index (χ1n) is 7.56. The number of hydrogen-bond donors (Lipinski definition) is 1. The fourth-order valence-corrected chi connectivity index (χ4v) is 2.93. The zero-order valence-corrected chi connectivity index (χ0v) is 12.1. The van der Waals surface area contributed by atoms with Crippen molar-refractivity contribution >= 4 is 0 Å². The lowest BCUT2D eigenvalue weighted by atomic mass is 9.95. The van der Waals surface area contributed by atoms with Gasteiger partial charge in [-0.1, -0.05) is 35.5 Å². The van der Waals surface area contributed by atoms with Crippen molar-refractivity contribution in [1.29, 1.82) is 0 Å². The molecule has 1 atom stereocenters. The summed E-state index contributed by atoms with van der Waals surface area (Å²) < 4.78 is 5.36. The van der Waals surface area contributed by atoms with Gasteiger partial charge in [0.2, 0.25) is 11.7 Å². The molecule has 2 aromatic rings. The van der Waals surface area contributed by atoms with Crippen molar-refractivity contribution in [1.82, 2.24) is 15.0 Å². The van der Waals surface area contributed by atoms with Crippen molar-refractivity contribution in [3.8, 4) is 11.4 Å². The van der Waals surface area contributed by atoms with Crippen LogP contribution in [0.5, 0.6) is 0 Å². The van der Waals surface area contributed by atoms with E-state index >= 15 is 0 Å². The van der Waals surface area contributed by atoms with Crippen LogP contribution >= 0.6 is 0 Å². The van der Waals surface area contributed by atoms with Gasteiger partial charge in [0.15, 0.2) is 0 Å². The van der Waals surface area contributed by atoms with E-state index < -0.39 is 0 Å². The van der Waals surface area contributed by atoms with Gasteiger partial charge in [-0.25, -0.2) is 0 Å². The molecular formula is C16H21N3O2. The molecule has 1 fully saturated rings. The standard InChI is InChI=1S/C16H21N3O2/c20-10-8-13-5-4-9-19(11-13)12-15-17-16(18-21-15)14-6-2-1-3-7-14/h1-3,6-7,13,20H,4-5,8-12H2. The second-order valence-electron chi connectivity index (χ2n) is 5.63. The number of aliphatic hydroxyl groups is 1. The van der Waals surface area contributed by atoms with Crippen molar-refractivity contribution in [2.45, 2.75) is 25.8 Å². The van der Waals surface area contributed by atoms with Crippen LogP contribution in [0.3, 0.4) is 0 Å². The zero-order chi connectivity index (χ0) is 14.5. The number of piperidine rings is 1. The molecule has 5 nitrogen and oxygen atoms in total. The Balaban J connectivity index is 1.62. The predicted molar refractivity (Wildman–Crippen MR) is 79.4 cm³/mol. The Labute approximate surface area is 124 Å². The molecule has 0 saturated carbocycles. The van der Waals surface area contributed by atoms with Crippen molar-refractivity contribution in [3.63, 3.8) is 0 Å². The molecule has 1 N–H and O–H groups in total. The van der Waals surface area contributed by atoms with E-state index in [1.165, 1.54) is 12.8 Å².